The lowest BCUT2D eigenvalue weighted by atomic mass is 9.43. The summed E-state index contributed by atoms with van der Waals surface area (Å²) in [4.78, 5) is 8.39. The standard InChI is InChI=1S/C35H34N2O/c1-34-19-26-31(22-7-3-2-4-8-22)24-9-5-6-10-28(24)36-33(26)27-18-25-29(38)14-13-23-17-30(34)37(20-21-11-12-21)16-15-35(27,34)32(23)25/h2-10,13-14,21,27,30,38H,11-12,15-20H2,1H3/t27-,30+,34-,35+/m0/s1. The Morgan fingerprint density at radius 3 is 2.61 bits per heavy atom. The van der Waals surface area contributed by atoms with Crippen molar-refractivity contribution < 1.29 is 5.11 Å². The van der Waals surface area contributed by atoms with E-state index in [4.69, 9.17) is 4.98 Å². The zero-order valence-electron chi connectivity index (χ0n) is 22.1. The van der Waals surface area contributed by atoms with Gasteiger partial charge in [-0.05, 0) is 102 Å². The third-order valence-corrected chi connectivity index (χ3v) is 11.4. The van der Waals surface area contributed by atoms with Crippen LogP contribution in [0.2, 0.25) is 0 Å². The lowest BCUT2D eigenvalue weighted by Gasteiger charge is -2.66. The third kappa shape index (κ3) is 2.57. The van der Waals surface area contributed by atoms with Gasteiger partial charge in [0.05, 0.1) is 5.52 Å². The molecule has 4 aromatic rings. The smallest absolute Gasteiger partial charge is 0.119 e. The predicted molar refractivity (Wildman–Crippen MR) is 152 cm³/mol. The molecule has 1 spiro atoms. The summed E-state index contributed by atoms with van der Waals surface area (Å²) >= 11 is 0. The molecule has 0 unspecified atom stereocenters. The molecule has 190 valence electrons. The molecule has 1 N–H and O–H groups in total. The summed E-state index contributed by atoms with van der Waals surface area (Å²) in [6.45, 7) is 5.06. The molecule has 1 aliphatic heterocycles. The Kier molecular flexibility index (Phi) is 4.16. The summed E-state index contributed by atoms with van der Waals surface area (Å²) in [7, 11) is 0. The minimum Gasteiger partial charge on any atom is -0.508 e. The first kappa shape index (κ1) is 21.7. The third-order valence-electron chi connectivity index (χ3n) is 11.4. The summed E-state index contributed by atoms with van der Waals surface area (Å²) in [5, 5.41) is 12.5. The van der Waals surface area contributed by atoms with Crippen LogP contribution in [0.4, 0.5) is 0 Å². The predicted octanol–water partition coefficient (Wildman–Crippen LogP) is 6.79. The Bertz CT molecular complexity index is 1640. The Balaban J connectivity index is 1.36. The van der Waals surface area contributed by atoms with Crippen molar-refractivity contribution in [2.45, 2.75) is 62.8 Å². The summed E-state index contributed by atoms with van der Waals surface area (Å²) < 4.78 is 0. The van der Waals surface area contributed by atoms with Crippen LogP contribution in [-0.4, -0.2) is 34.1 Å². The maximum Gasteiger partial charge on any atom is 0.119 e. The van der Waals surface area contributed by atoms with Gasteiger partial charge in [0, 0.05) is 35.0 Å². The van der Waals surface area contributed by atoms with Gasteiger partial charge in [-0.1, -0.05) is 61.5 Å². The number of phenolic OH excluding ortho intramolecular Hbond substituents is 1. The lowest BCUT2D eigenvalue weighted by molar-refractivity contribution is -0.0737. The average molecular weight is 499 g/mol. The molecule has 2 bridgehead atoms. The van der Waals surface area contributed by atoms with Crippen LogP contribution in [0.25, 0.3) is 22.0 Å². The number of phenols is 1. The molecule has 2 fully saturated rings. The van der Waals surface area contributed by atoms with E-state index in [9.17, 15) is 5.11 Å². The summed E-state index contributed by atoms with van der Waals surface area (Å²) in [6, 6.07) is 24.6. The molecule has 3 heteroatoms. The van der Waals surface area contributed by atoms with E-state index in [0.717, 1.165) is 30.7 Å². The molecule has 4 aliphatic carbocycles. The number of hydrogen-bond donors (Lipinski definition) is 1. The van der Waals surface area contributed by atoms with Crippen molar-refractivity contribution in [3.63, 3.8) is 0 Å². The van der Waals surface area contributed by atoms with E-state index in [-0.39, 0.29) is 10.8 Å². The van der Waals surface area contributed by atoms with E-state index in [0.29, 0.717) is 17.7 Å². The largest absolute Gasteiger partial charge is 0.508 e. The molecule has 0 amide bonds. The van der Waals surface area contributed by atoms with E-state index < -0.39 is 0 Å². The number of benzene rings is 3. The number of hydrogen-bond acceptors (Lipinski definition) is 3. The van der Waals surface area contributed by atoms with Crippen molar-refractivity contribution in [2.24, 2.45) is 11.3 Å². The van der Waals surface area contributed by atoms with Crippen LogP contribution in [-0.2, 0) is 24.7 Å². The molecular weight excluding hydrogens is 464 g/mol. The van der Waals surface area contributed by atoms with Crippen molar-refractivity contribution in [2.75, 3.05) is 13.1 Å². The molecule has 1 aromatic heterocycles. The maximum atomic E-state index is 11.2. The van der Waals surface area contributed by atoms with Gasteiger partial charge in [0.2, 0.25) is 0 Å². The first-order chi connectivity index (χ1) is 18.6. The molecular formula is C35H34N2O. The number of likely N-dealkylation sites (tertiary alicyclic amines) is 1. The first-order valence-electron chi connectivity index (χ1n) is 14.6. The minimum atomic E-state index is 0.0514. The molecule has 2 heterocycles. The van der Waals surface area contributed by atoms with Crippen LogP contribution in [0, 0.1) is 11.3 Å². The Labute approximate surface area is 224 Å². The second kappa shape index (κ2) is 7.27. The van der Waals surface area contributed by atoms with Crippen molar-refractivity contribution in [1.82, 2.24) is 9.88 Å². The molecule has 5 aliphatic rings. The van der Waals surface area contributed by atoms with Crippen LogP contribution >= 0.6 is 0 Å². The molecule has 0 radical (unpaired) electrons. The van der Waals surface area contributed by atoms with Crippen LogP contribution in [0.3, 0.4) is 0 Å². The van der Waals surface area contributed by atoms with Gasteiger partial charge in [0.15, 0.2) is 0 Å². The molecule has 3 aromatic carbocycles. The van der Waals surface area contributed by atoms with Crippen LogP contribution in [0.1, 0.15) is 60.1 Å². The number of pyridine rings is 1. The van der Waals surface area contributed by atoms with Crippen molar-refractivity contribution in [3.8, 4) is 16.9 Å². The van der Waals surface area contributed by atoms with Gasteiger partial charge in [-0.3, -0.25) is 9.88 Å². The van der Waals surface area contributed by atoms with E-state index >= 15 is 0 Å². The number of rotatable bonds is 3. The maximum absolute atomic E-state index is 11.2. The Morgan fingerprint density at radius 1 is 0.947 bits per heavy atom. The lowest BCUT2D eigenvalue weighted by Crippen LogP contribution is -2.69. The van der Waals surface area contributed by atoms with E-state index in [1.165, 1.54) is 76.8 Å². The van der Waals surface area contributed by atoms with Crippen LogP contribution in [0.5, 0.6) is 5.75 Å². The number of aromatic nitrogens is 1. The van der Waals surface area contributed by atoms with Gasteiger partial charge < -0.3 is 5.11 Å². The molecule has 1 saturated heterocycles. The van der Waals surface area contributed by atoms with Gasteiger partial charge in [0.1, 0.15) is 5.75 Å². The van der Waals surface area contributed by atoms with Crippen molar-refractivity contribution in [1.29, 1.82) is 0 Å². The van der Waals surface area contributed by atoms with Gasteiger partial charge in [0.25, 0.3) is 0 Å². The first-order valence-corrected chi connectivity index (χ1v) is 14.6. The molecule has 1 saturated carbocycles. The fraction of sp³-hybridized carbons (Fsp3) is 0.400. The quantitative estimate of drug-likeness (QED) is 0.338. The minimum absolute atomic E-state index is 0.0514. The number of aromatic hydroxyl groups is 1. The van der Waals surface area contributed by atoms with Gasteiger partial charge in [-0.15, -0.1) is 0 Å². The molecule has 3 nitrogen and oxygen atoms in total. The fourth-order valence-corrected chi connectivity index (χ4v) is 9.67. The highest BCUT2D eigenvalue weighted by Gasteiger charge is 2.69. The van der Waals surface area contributed by atoms with Crippen LogP contribution < -0.4 is 0 Å². The summed E-state index contributed by atoms with van der Waals surface area (Å²) in [5.74, 6) is 1.71. The highest BCUT2D eigenvalue weighted by Crippen LogP contribution is 2.71. The second-order valence-corrected chi connectivity index (χ2v) is 13.1. The molecule has 38 heavy (non-hydrogen) atoms. The van der Waals surface area contributed by atoms with E-state index in [1.807, 2.05) is 6.07 Å². The van der Waals surface area contributed by atoms with Gasteiger partial charge in [-0.2, -0.15) is 0 Å². The Morgan fingerprint density at radius 2 is 1.76 bits per heavy atom. The van der Waals surface area contributed by atoms with Crippen molar-refractivity contribution in [3.05, 3.63) is 94.7 Å². The highest BCUT2D eigenvalue weighted by molar-refractivity contribution is 5.97. The van der Waals surface area contributed by atoms with E-state index in [2.05, 4.69) is 72.5 Å². The highest BCUT2D eigenvalue weighted by atomic mass is 16.3. The van der Waals surface area contributed by atoms with Gasteiger partial charge >= 0.3 is 0 Å². The monoisotopic (exact) mass is 498 g/mol. The summed E-state index contributed by atoms with van der Waals surface area (Å²) in [5.41, 5.74) is 10.9. The van der Waals surface area contributed by atoms with Crippen LogP contribution in [0.15, 0.2) is 66.7 Å². The fourth-order valence-electron chi connectivity index (χ4n) is 9.67. The van der Waals surface area contributed by atoms with Gasteiger partial charge in [-0.25, -0.2) is 0 Å². The number of fused-ring (bicyclic) bond motifs is 3. The Hall–Kier alpha value is -3.17. The van der Waals surface area contributed by atoms with E-state index in [1.54, 1.807) is 0 Å². The SMILES string of the molecule is C[C@@]12Cc3c(nc4ccccc4c3-c3ccccc3)[C@@H]3Cc4c(O)ccc5c4[C@@]31CCN(CC1CC1)[C@@H]2C5. The molecule has 9 rings (SSSR count). The number of piperidine rings is 1. The van der Waals surface area contributed by atoms with Crippen molar-refractivity contribution >= 4 is 10.9 Å². The normalized spacial score (nSPS) is 30.8. The zero-order valence-corrected chi connectivity index (χ0v) is 22.1. The summed E-state index contributed by atoms with van der Waals surface area (Å²) in [6.07, 6.45) is 7.05. The average Bonchev–Trinajstić information content (AvgIpc) is 3.67. The topological polar surface area (TPSA) is 36.4 Å². The second-order valence-electron chi connectivity index (χ2n) is 13.1. The number of para-hydroxylation sites is 1. The zero-order chi connectivity index (χ0) is 25.2. The molecule has 4 atom stereocenters. The number of nitrogens with zero attached hydrogens (tertiary/aromatic N) is 2.